The number of nitrogens with zero attached hydrogens (tertiary/aromatic N) is 2. The maximum absolute atomic E-state index is 12.9. The van der Waals surface area contributed by atoms with Gasteiger partial charge in [-0.25, -0.2) is 13.6 Å². The van der Waals surface area contributed by atoms with E-state index in [9.17, 15) is 18.7 Å². The Bertz CT molecular complexity index is 641. The molecule has 7 nitrogen and oxygen atoms in total. The fourth-order valence-electron chi connectivity index (χ4n) is 1.88. The number of aromatic hydroxyl groups is 1. The molecular weight excluding hydrogens is 276 g/mol. The van der Waals surface area contributed by atoms with Crippen LogP contribution in [-0.4, -0.2) is 32.5 Å². The predicted octanol–water partition coefficient (Wildman–Crippen LogP) is 0.128. The summed E-state index contributed by atoms with van der Waals surface area (Å²) >= 11 is 0. The first-order valence-electron chi connectivity index (χ1n) is 5.48. The molecule has 1 aliphatic heterocycles. The van der Waals surface area contributed by atoms with Gasteiger partial charge in [-0.3, -0.25) is 4.57 Å². The normalized spacial score (nSPS) is 26.6. The third kappa shape index (κ3) is 2.17. The van der Waals surface area contributed by atoms with Crippen molar-refractivity contribution < 1.29 is 23.7 Å². The summed E-state index contributed by atoms with van der Waals surface area (Å²) in [5.74, 6) is -0.903. The Morgan fingerprint density at radius 3 is 2.65 bits per heavy atom. The van der Waals surface area contributed by atoms with Crippen LogP contribution in [-0.2, 0) is 4.74 Å². The molecule has 2 atom stereocenters. The smallest absolute Gasteiger partial charge is 0.352 e. The standard InChI is InChI=1S/C11H11F2N3O4/c12-1-5-6(2-13)10(20-8(5)4-17)16-3-7(18)9(14)15-11(16)19/h1-3,8,10,17-18H,4H2,(H2,14,15,19). The first kappa shape index (κ1) is 14.2. The molecule has 0 amide bonds. The van der Waals surface area contributed by atoms with Crippen LogP contribution in [0.2, 0.25) is 0 Å². The van der Waals surface area contributed by atoms with Crippen LogP contribution >= 0.6 is 0 Å². The second-order valence-electron chi connectivity index (χ2n) is 3.99. The monoisotopic (exact) mass is 287 g/mol. The van der Waals surface area contributed by atoms with Crippen molar-refractivity contribution >= 4 is 5.82 Å². The van der Waals surface area contributed by atoms with Crippen LogP contribution in [0.4, 0.5) is 14.6 Å². The van der Waals surface area contributed by atoms with E-state index >= 15 is 0 Å². The number of ether oxygens (including phenoxy) is 1. The summed E-state index contributed by atoms with van der Waals surface area (Å²) < 4.78 is 31.6. The Balaban J connectivity index is 2.53. The van der Waals surface area contributed by atoms with Gasteiger partial charge in [-0.1, -0.05) is 0 Å². The van der Waals surface area contributed by atoms with Crippen molar-refractivity contribution in [3.05, 3.63) is 40.5 Å². The highest BCUT2D eigenvalue weighted by Gasteiger charge is 2.37. The SMILES string of the molecule is Nc1nc(=O)n(C2OC(CO)C(=CF)C2=CF)cc1O. The quantitative estimate of drug-likeness (QED) is 0.713. The molecule has 0 spiro atoms. The van der Waals surface area contributed by atoms with Gasteiger partial charge in [-0.15, -0.1) is 0 Å². The molecule has 2 heterocycles. The Hall–Kier alpha value is -2.26. The van der Waals surface area contributed by atoms with Crippen molar-refractivity contribution in [2.45, 2.75) is 12.3 Å². The van der Waals surface area contributed by atoms with Crippen LogP contribution in [0.3, 0.4) is 0 Å². The number of nitrogens with two attached hydrogens (primary N) is 1. The molecule has 1 aliphatic rings. The molecular formula is C11H11F2N3O4. The number of anilines is 1. The number of aliphatic hydroxyl groups is 1. The van der Waals surface area contributed by atoms with E-state index in [-0.39, 0.29) is 23.8 Å². The van der Waals surface area contributed by atoms with E-state index in [1.54, 1.807) is 0 Å². The topological polar surface area (TPSA) is 111 Å². The molecule has 0 aliphatic carbocycles. The zero-order valence-corrected chi connectivity index (χ0v) is 10.0. The summed E-state index contributed by atoms with van der Waals surface area (Å²) in [6, 6.07) is 0. The Labute approximate surface area is 111 Å². The van der Waals surface area contributed by atoms with Crippen LogP contribution < -0.4 is 11.4 Å². The number of aliphatic hydroxyl groups excluding tert-OH is 1. The molecule has 1 aromatic rings. The molecule has 1 aromatic heterocycles. The van der Waals surface area contributed by atoms with Gasteiger partial charge in [0.1, 0.15) is 6.10 Å². The summed E-state index contributed by atoms with van der Waals surface area (Å²) in [5, 5.41) is 18.5. The van der Waals surface area contributed by atoms with Crippen LogP contribution in [0.5, 0.6) is 5.75 Å². The van der Waals surface area contributed by atoms with E-state index in [0.29, 0.717) is 0 Å². The van der Waals surface area contributed by atoms with Crippen molar-refractivity contribution in [3.63, 3.8) is 0 Å². The second-order valence-corrected chi connectivity index (χ2v) is 3.99. The highest BCUT2D eigenvalue weighted by atomic mass is 19.1. The van der Waals surface area contributed by atoms with Gasteiger partial charge in [0, 0.05) is 11.1 Å². The van der Waals surface area contributed by atoms with Crippen LogP contribution in [0.25, 0.3) is 0 Å². The van der Waals surface area contributed by atoms with Crippen molar-refractivity contribution in [2.75, 3.05) is 12.3 Å². The van der Waals surface area contributed by atoms with Crippen LogP contribution in [0.15, 0.2) is 34.8 Å². The minimum absolute atomic E-state index is 0.0611. The molecule has 0 bridgehead atoms. The summed E-state index contributed by atoms with van der Waals surface area (Å²) in [7, 11) is 0. The van der Waals surface area contributed by atoms with Crippen LogP contribution in [0, 0.1) is 0 Å². The molecule has 1 saturated heterocycles. The lowest BCUT2D eigenvalue weighted by molar-refractivity contribution is -0.00884. The molecule has 1 fully saturated rings. The number of hydrogen-bond acceptors (Lipinski definition) is 6. The van der Waals surface area contributed by atoms with Crippen molar-refractivity contribution in [1.29, 1.82) is 0 Å². The van der Waals surface area contributed by atoms with Crippen molar-refractivity contribution in [3.8, 4) is 5.75 Å². The zero-order valence-electron chi connectivity index (χ0n) is 10.0. The van der Waals surface area contributed by atoms with E-state index in [4.69, 9.17) is 15.6 Å². The lowest BCUT2D eigenvalue weighted by Gasteiger charge is -2.15. The van der Waals surface area contributed by atoms with Gasteiger partial charge in [0.05, 0.1) is 25.5 Å². The molecule has 2 unspecified atom stereocenters. The predicted molar refractivity (Wildman–Crippen MR) is 64.0 cm³/mol. The van der Waals surface area contributed by atoms with Crippen LogP contribution in [0.1, 0.15) is 6.23 Å². The lowest BCUT2D eigenvalue weighted by atomic mass is 10.1. The molecule has 9 heteroatoms. The molecule has 0 aromatic carbocycles. The van der Waals surface area contributed by atoms with Gasteiger partial charge in [0.2, 0.25) is 0 Å². The third-order valence-electron chi connectivity index (χ3n) is 2.85. The average molecular weight is 287 g/mol. The number of rotatable bonds is 2. The van der Waals surface area contributed by atoms with E-state index in [1.165, 1.54) is 0 Å². The summed E-state index contributed by atoms with van der Waals surface area (Å²) in [6.45, 7) is -0.604. The minimum Gasteiger partial charge on any atom is -0.503 e. The Morgan fingerprint density at radius 2 is 2.10 bits per heavy atom. The summed E-state index contributed by atoms with van der Waals surface area (Å²) in [5.41, 5.74) is 3.81. The Morgan fingerprint density at radius 1 is 1.45 bits per heavy atom. The van der Waals surface area contributed by atoms with Gasteiger partial charge >= 0.3 is 5.69 Å². The van der Waals surface area contributed by atoms with E-state index in [0.717, 1.165) is 10.8 Å². The summed E-state index contributed by atoms with van der Waals surface area (Å²) in [6.07, 6.45) is -1.44. The van der Waals surface area contributed by atoms with Gasteiger partial charge in [-0.05, 0) is 0 Å². The number of nitrogen functional groups attached to an aromatic ring is 1. The molecule has 20 heavy (non-hydrogen) atoms. The number of hydrogen-bond donors (Lipinski definition) is 3. The highest BCUT2D eigenvalue weighted by Crippen LogP contribution is 2.38. The average Bonchev–Trinajstić information content (AvgIpc) is 2.80. The number of halogens is 2. The number of aromatic nitrogens is 2. The molecule has 0 saturated carbocycles. The van der Waals surface area contributed by atoms with E-state index < -0.39 is 36.2 Å². The molecule has 4 N–H and O–H groups in total. The van der Waals surface area contributed by atoms with Crippen molar-refractivity contribution in [1.82, 2.24) is 9.55 Å². The minimum atomic E-state index is -1.36. The lowest BCUT2D eigenvalue weighted by Crippen LogP contribution is -2.28. The highest BCUT2D eigenvalue weighted by molar-refractivity contribution is 5.43. The van der Waals surface area contributed by atoms with Crippen molar-refractivity contribution in [2.24, 2.45) is 0 Å². The van der Waals surface area contributed by atoms with Gasteiger partial charge in [0.25, 0.3) is 0 Å². The van der Waals surface area contributed by atoms with E-state index in [1.807, 2.05) is 0 Å². The molecule has 0 radical (unpaired) electrons. The van der Waals surface area contributed by atoms with Gasteiger partial charge in [0.15, 0.2) is 17.8 Å². The first-order valence-corrected chi connectivity index (χ1v) is 5.48. The zero-order chi connectivity index (χ0) is 14.9. The fraction of sp³-hybridized carbons (Fsp3) is 0.273. The molecule has 108 valence electrons. The largest absolute Gasteiger partial charge is 0.503 e. The molecule has 2 rings (SSSR count). The van der Waals surface area contributed by atoms with E-state index in [2.05, 4.69) is 4.98 Å². The van der Waals surface area contributed by atoms with Gasteiger partial charge in [-0.2, -0.15) is 4.98 Å². The second kappa shape index (κ2) is 5.39. The third-order valence-corrected chi connectivity index (χ3v) is 2.85. The summed E-state index contributed by atoms with van der Waals surface area (Å²) in [4.78, 5) is 15.0. The van der Waals surface area contributed by atoms with Gasteiger partial charge < -0.3 is 20.7 Å². The Kier molecular flexibility index (Phi) is 3.81. The maximum atomic E-state index is 12.9. The maximum Gasteiger partial charge on any atom is 0.352 e. The fourth-order valence-corrected chi connectivity index (χ4v) is 1.88. The first-order chi connectivity index (χ1) is 9.53.